The molecule has 0 amide bonds. The fourth-order valence-corrected chi connectivity index (χ4v) is 5.59. The van der Waals surface area contributed by atoms with Crippen LogP contribution in [-0.4, -0.2) is 33.3 Å². The van der Waals surface area contributed by atoms with Gasteiger partial charge in [0.25, 0.3) is 5.56 Å². The third-order valence-corrected chi connectivity index (χ3v) is 7.10. The largest absolute Gasteiger partial charge is 0.502 e. The van der Waals surface area contributed by atoms with Crippen molar-refractivity contribution in [3.8, 4) is 11.5 Å². The number of ether oxygens (including phenoxy) is 2. The van der Waals surface area contributed by atoms with Crippen LogP contribution in [0.15, 0.2) is 61.9 Å². The highest BCUT2D eigenvalue weighted by Gasteiger charge is 2.34. The van der Waals surface area contributed by atoms with E-state index in [-0.39, 0.29) is 21.8 Å². The average Bonchev–Trinajstić information content (AvgIpc) is 3.14. The second-order valence-corrected chi connectivity index (χ2v) is 10.6. The number of carbonyl (C=O) groups is 1. The number of nitro groups is 1. The summed E-state index contributed by atoms with van der Waals surface area (Å²) in [7, 11) is 0. The minimum Gasteiger partial charge on any atom is -0.502 e. The van der Waals surface area contributed by atoms with E-state index in [1.165, 1.54) is 22.8 Å². The summed E-state index contributed by atoms with van der Waals surface area (Å²) in [5.41, 5.74) is 0.388. The molecule has 2 heterocycles. The van der Waals surface area contributed by atoms with E-state index in [1.54, 1.807) is 45.0 Å². The lowest BCUT2D eigenvalue weighted by Gasteiger charge is -2.25. The Kier molecular flexibility index (Phi) is 7.83. The first kappa shape index (κ1) is 27.3. The summed E-state index contributed by atoms with van der Waals surface area (Å²) in [5.74, 6) is -0.512. The van der Waals surface area contributed by atoms with Crippen LogP contribution in [0.5, 0.6) is 11.5 Å². The zero-order chi connectivity index (χ0) is 27.7. The Morgan fingerprint density at radius 3 is 2.61 bits per heavy atom. The van der Waals surface area contributed by atoms with Gasteiger partial charge in [0, 0.05) is 16.1 Å². The van der Waals surface area contributed by atoms with E-state index in [4.69, 9.17) is 9.47 Å². The number of nitrogens with zero attached hydrogens (tertiary/aromatic N) is 3. The van der Waals surface area contributed by atoms with Gasteiger partial charge in [-0.2, -0.15) is 0 Å². The fraction of sp³-hybridized carbons (Fsp3) is 0.269. The molecule has 0 fully saturated rings. The summed E-state index contributed by atoms with van der Waals surface area (Å²) in [6.45, 7) is 7.51. The third kappa shape index (κ3) is 5.27. The van der Waals surface area contributed by atoms with Crippen molar-refractivity contribution < 1.29 is 24.3 Å². The van der Waals surface area contributed by atoms with Crippen molar-refractivity contribution in [1.29, 1.82) is 0 Å². The van der Waals surface area contributed by atoms with Gasteiger partial charge in [0.2, 0.25) is 5.75 Å². The van der Waals surface area contributed by atoms with Crippen LogP contribution >= 0.6 is 27.3 Å². The number of rotatable bonds is 7. The zero-order valence-corrected chi connectivity index (χ0v) is 23.3. The molecule has 1 aromatic heterocycles. The second kappa shape index (κ2) is 10.9. The summed E-state index contributed by atoms with van der Waals surface area (Å²) in [6, 6.07) is 8.88. The van der Waals surface area contributed by atoms with Crippen LogP contribution < -0.4 is 19.6 Å². The molecule has 0 radical (unpaired) electrons. The number of esters is 1. The average molecular weight is 602 g/mol. The van der Waals surface area contributed by atoms with Gasteiger partial charge in [-0.1, -0.05) is 39.4 Å². The minimum atomic E-state index is -0.833. The molecule has 38 heavy (non-hydrogen) atoms. The molecule has 1 N–H and O–H groups in total. The van der Waals surface area contributed by atoms with E-state index in [0.717, 1.165) is 11.3 Å². The van der Waals surface area contributed by atoms with E-state index < -0.39 is 33.9 Å². The molecule has 0 saturated heterocycles. The maximum Gasteiger partial charge on any atom is 0.338 e. The predicted octanol–water partition coefficient (Wildman–Crippen LogP) is 3.96. The molecule has 2 aromatic carbocycles. The number of nitro benzene ring substituents is 1. The molecular weight excluding hydrogens is 578 g/mol. The van der Waals surface area contributed by atoms with E-state index in [9.17, 15) is 24.8 Å². The molecular formula is C26H24BrN3O7S. The smallest absolute Gasteiger partial charge is 0.338 e. The number of carbonyl (C=O) groups excluding carboxylic acids is 1. The normalized spacial score (nSPS) is 15.3. The first-order valence-corrected chi connectivity index (χ1v) is 13.3. The van der Waals surface area contributed by atoms with Crippen molar-refractivity contribution in [2.45, 2.75) is 39.8 Å². The molecule has 198 valence electrons. The highest BCUT2D eigenvalue weighted by atomic mass is 79.9. The maximum atomic E-state index is 13.7. The van der Waals surface area contributed by atoms with Crippen LogP contribution in [0.25, 0.3) is 6.08 Å². The maximum absolute atomic E-state index is 13.7. The number of allylic oxidation sites excluding steroid dienone is 1. The first-order valence-electron chi connectivity index (χ1n) is 11.6. The van der Waals surface area contributed by atoms with Gasteiger partial charge in [0.15, 0.2) is 4.80 Å². The topological polar surface area (TPSA) is 133 Å². The van der Waals surface area contributed by atoms with E-state index in [2.05, 4.69) is 20.9 Å². The van der Waals surface area contributed by atoms with Crippen molar-refractivity contribution in [2.24, 2.45) is 4.99 Å². The number of thiazole rings is 1. The molecule has 12 heteroatoms. The van der Waals surface area contributed by atoms with Gasteiger partial charge in [-0.15, -0.1) is 0 Å². The van der Waals surface area contributed by atoms with Crippen LogP contribution in [0.4, 0.5) is 5.69 Å². The molecule has 4 rings (SSSR count). The molecule has 1 aliphatic heterocycles. The first-order chi connectivity index (χ1) is 18.0. The summed E-state index contributed by atoms with van der Waals surface area (Å²) >= 11 is 4.26. The van der Waals surface area contributed by atoms with Crippen LogP contribution in [0.3, 0.4) is 0 Å². The highest BCUT2D eigenvalue weighted by molar-refractivity contribution is 9.10. The summed E-state index contributed by atoms with van der Waals surface area (Å²) in [4.78, 5) is 42.4. The van der Waals surface area contributed by atoms with Gasteiger partial charge in [-0.05, 0) is 57.5 Å². The number of halogens is 1. The number of benzene rings is 2. The van der Waals surface area contributed by atoms with E-state index in [1.807, 2.05) is 6.92 Å². The third-order valence-electron chi connectivity index (χ3n) is 5.66. The van der Waals surface area contributed by atoms with Crippen LogP contribution in [-0.2, 0) is 9.53 Å². The Labute approximate surface area is 229 Å². The van der Waals surface area contributed by atoms with Gasteiger partial charge in [-0.3, -0.25) is 19.5 Å². The quantitative estimate of drug-likeness (QED) is 0.246. The van der Waals surface area contributed by atoms with Crippen LogP contribution in [0, 0.1) is 10.1 Å². The van der Waals surface area contributed by atoms with Crippen LogP contribution in [0.2, 0.25) is 0 Å². The summed E-state index contributed by atoms with van der Waals surface area (Å²) in [5, 5.41) is 21.8. The lowest BCUT2D eigenvalue weighted by Crippen LogP contribution is -2.40. The van der Waals surface area contributed by atoms with E-state index in [0.29, 0.717) is 32.9 Å². The van der Waals surface area contributed by atoms with Crippen molar-refractivity contribution in [2.75, 3.05) is 6.61 Å². The summed E-state index contributed by atoms with van der Waals surface area (Å²) < 4.78 is 13.0. The number of hydrogen-bond acceptors (Lipinski definition) is 9. The molecule has 10 nitrogen and oxygen atoms in total. The molecule has 0 unspecified atom stereocenters. The van der Waals surface area contributed by atoms with Gasteiger partial charge >= 0.3 is 11.7 Å². The lowest BCUT2D eigenvalue weighted by atomic mass is 9.96. The Morgan fingerprint density at radius 1 is 1.32 bits per heavy atom. The predicted molar refractivity (Wildman–Crippen MR) is 145 cm³/mol. The Hall–Kier alpha value is -3.77. The highest BCUT2D eigenvalue weighted by Crippen LogP contribution is 2.34. The Balaban J connectivity index is 1.95. The van der Waals surface area contributed by atoms with Crippen molar-refractivity contribution in [3.05, 3.63) is 93.1 Å². The number of phenols is 1. The van der Waals surface area contributed by atoms with Crippen molar-refractivity contribution in [3.63, 3.8) is 0 Å². The Morgan fingerprint density at radius 2 is 2.00 bits per heavy atom. The molecule has 0 bridgehead atoms. The van der Waals surface area contributed by atoms with Crippen molar-refractivity contribution in [1.82, 2.24) is 4.57 Å². The van der Waals surface area contributed by atoms with Gasteiger partial charge in [-0.25, -0.2) is 9.79 Å². The van der Waals surface area contributed by atoms with Crippen molar-refractivity contribution >= 4 is 45.0 Å². The molecule has 1 atom stereocenters. The fourth-order valence-electron chi connectivity index (χ4n) is 4.08. The monoisotopic (exact) mass is 601 g/mol. The minimum absolute atomic E-state index is 0.0871. The SMILES string of the molecule is CCOc1ccc([C@@H]2C(C(=O)OC(C)C)=C(C)N=c3s/c(=C/c4cc(Br)cc([N+](=O)[O-])c4O)c(=O)n32)cc1. The molecule has 0 aliphatic carbocycles. The van der Waals surface area contributed by atoms with Crippen LogP contribution in [0.1, 0.15) is 44.9 Å². The Bertz CT molecular complexity index is 1640. The molecule has 3 aromatic rings. The van der Waals surface area contributed by atoms with E-state index >= 15 is 0 Å². The standard InChI is InChI=1S/C26H24BrN3O7S/c1-5-36-18-8-6-15(7-9-18)22-21(25(33)37-13(2)3)14(4)28-26-29(22)24(32)20(38-26)11-16-10-17(27)12-19(23(16)31)30(34)35/h6-13,22,31H,5H2,1-4H3/b20-11+/t22-/m1/s1. The van der Waals surface area contributed by atoms with Gasteiger partial charge in [0.1, 0.15) is 5.75 Å². The number of fused-ring (bicyclic) bond motifs is 1. The molecule has 0 spiro atoms. The molecule has 0 saturated carbocycles. The van der Waals surface area contributed by atoms with Gasteiger partial charge in [0.05, 0.1) is 39.5 Å². The summed E-state index contributed by atoms with van der Waals surface area (Å²) in [6.07, 6.45) is 0.987. The second-order valence-electron chi connectivity index (χ2n) is 8.66. The zero-order valence-electron chi connectivity index (χ0n) is 20.9. The molecule has 1 aliphatic rings. The number of aromatic nitrogens is 1. The van der Waals surface area contributed by atoms with Gasteiger partial charge < -0.3 is 14.6 Å². The number of phenolic OH excluding ortho intramolecular Hbond substituents is 1. The number of aromatic hydroxyl groups is 1. The lowest BCUT2D eigenvalue weighted by molar-refractivity contribution is -0.385. The number of hydrogen-bond donors (Lipinski definition) is 1.